The zero-order valence-corrected chi connectivity index (χ0v) is 10.7. The van der Waals surface area contributed by atoms with Crippen LogP contribution in [0.25, 0.3) is 0 Å². The van der Waals surface area contributed by atoms with E-state index in [0.717, 1.165) is 31.6 Å². The summed E-state index contributed by atoms with van der Waals surface area (Å²) in [7, 11) is 2.00. The van der Waals surface area contributed by atoms with Crippen LogP contribution in [0.2, 0.25) is 0 Å². The summed E-state index contributed by atoms with van der Waals surface area (Å²) in [4.78, 5) is 0. The second-order valence-electron chi connectivity index (χ2n) is 4.61. The molecule has 1 aliphatic heterocycles. The van der Waals surface area contributed by atoms with Crippen LogP contribution in [-0.4, -0.2) is 19.7 Å². The molecule has 0 saturated heterocycles. The first-order chi connectivity index (χ1) is 8.29. The summed E-state index contributed by atoms with van der Waals surface area (Å²) >= 11 is 0. The Hall–Kier alpha value is -1.28. The molecule has 1 aromatic rings. The molecule has 0 aliphatic carbocycles. The predicted octanol–water partition coefficient (Wildman–Crippen LogP) is 2.82. The van der Waals surface area contributed by atoms with Gasteiger partial charge in [-0.1, -0.05) is 29.8 Å². The molecule has 92 valence electrons. The summed E-state index contributed by atoms with van der Waals surface area (Å²) in [5.41, 5.74) is 2.72. The lowest BCUT2D eigenvalue weighted by molar-refractivity contribution is 0.214. The first-order valence-electron chi connectivity index (χ1n) is 6.35. The highest BCUT2D eigenvalue weighted by Gasteiger charge is 2.16. The Labute approximate surface area is 104 Å². The van der Waals surface area contributed by atoms with E-state index >= 15 is 0 Å². The zero-order chi connectivity index (χ0) is 12.1. The summed E-state index contributed by atoms with van der Waals surface area (Å²) in [6.07, 6.45) is 5.44. The van der Waals surface area contributed by atoms with Gasteiger partial charge in [0.25, 0.3) is 0 Å². The third kappa shape index (κ3) is 3.34. The minimum atomic E-state index is 0.360. The van der Waals surface area contributed by atoms with Gasteiger partial charge < -0.3 is 10.1 Å². The van der Waals surface area contributed by atoms with Crippen molar-refractivity contribution in [3.63, 3.8) is 0 Å². The van der Waals surface area contributed by atoms with Gasteiger partial charge in [-0.3, -0.25) is 0 Å². The van der Waals surface area contributed by atoms with E-state index in [0.29, 0.717) is 6.04 Å². The molecule has 1 atom stereocenters. The number of hydrogen-bond donors (Lipinski definition) is 1. The number of ether oxygens (including phenoxy) is 1. The molecule has 2 heteroatoms. The van der Waals surface area contributed by atoms with Crippen LogP contribution in [0.4, 0.5) is 0 Å². The number of nitrogens with one attached hydrogen (secondary N) is 1. The van der Waals surface area contributed by atoms with Crippen molar-refractivity contribution in [2.75, 3.05) is 13.7 Å². The van der Waals surface area contributed by atoms with E-state index in [-0.39, 0.29) is 0 Å². The summed E-state index contributed by atoms with van der Waals surface area (Å²) in [5.74, 6) is 1.12. The third-order valence-electron chi connectivity index (χ3n) is 3.27. The van der Waals surface area contributed by atoms with Crippen LogP contribution >= 0.6 is 0 Å². The van der Waals surface area contributed by atoms with E-state index < -0.39 is 0 Å². The molecule has 17 heavy (non-hydrogen) atoms. The van der Waals surface area contributed by atoms with Crippen LogP contribution in [-0.2, 0) is 11.2 Å². The molecule has 2 rings (SSSR count). The van der Waals surface area contributed by atoms with Gasteiger partial charge in [0.2, 0.25) is 0 Å². The molecule has 0 aromatic heterocycles. The van der Waals surface area contributed by atoms with Crippen molar-refractivity contribution in [2.24, 2.45) is 0 Å². The van der Waals surface area contributed by atoms with Gasteiger partial charge >= 0.3 is 0 Å². The standard InChI is InChI=1S/C15H21NO/c1-12-5-7-13(8-6-12)9-10-14(16-2)15-4-3-11-17-15/h4-8,14,16H,3,9-11H2,1-2H3. The average Bonchev–Trinajstić information content (AvgIpc) is 2.86. The van der Waals surface area contributed by atoms with Crippen molar-refractivity contribution in [3.8, 4) is 0 Å². The smallest absolute Gasteiger partial charge is 0.109 e. The highest BCUT2D eigenvalue weighted by Crippen LogP contribution is 2.17. The maximum absolute atomic E-state index is 5.61. The van der Waals surface area contributed by atoms with Gasteiger partial charge in [-0.15, -0.1) is 0 Å². The molecule has 0 bridgehead atoms. The lowest BCUT2D eigenvalue weighted by Crippen LogP contribution is -2.28. The van der Waals surface area contributed by atoms with E-state index in [1.165, 1.54) is 11.1 Å². The van der Waals surface area contributed by atoms with Crippen LogP contribution in [0.1, 0.15) is 24.0 Å². The van der Waals surface area contributed by atoms with Gasteiger partial charge in [0.15, 0.2) is 0 Å². The van der Waals surface area contributed by atoms with E-state index in [2.05, 4.69) is 42.6 Å². The summed E-state index contributed by atoms with van der Waals surface area (Å²) in [6.45, 7) is 2.97. The normalized spacial score (nSPS) is 16.5. The zero-order valence-electron chi connectivity index (χ0n) is 10.7. The number of aryl methyl sites for hydroxylation is 2. The summed E-state index contributed by atoms with van der Waals surface area (Å²) in [5, 5.41) is 3.33. The predicted molar refractivity (Wildman–Crippen MR) is 71.0 cm³/mol. The van der Waals surface area contributed by atoms with Crippen LogP contribution in [0.5, 0.6) is 0 Å². The SMILES string of the molecule is CNC(CCc1ccc(C)cc1)C1=CCCO1. The van der Waals surface area contributed by atoms with E-state index in [1.807, 2.05) is 7.05 Å². The maximum atomic E-state index is 5.61. The van der Waals surface area contributed by atoms with Crippen molar-refractivity contribution in [1.29, 1.82) is 0 Å². The highest BCUT2D eigenvalue weighted by molar-refractivity contribution is 5.22. The molecule has 1 unspecified atom stereocenters. The number of hydrogen-bond acceptors (Lipinski definition) is 2. The monoisotopic (exact) mass is 231 g/mol. The molecule has 0 spiro atoms. The van der Waals surface area contributed by atoms with Crippen molar-refractivity contribution >= 4 is 0 Å². The molecule has 0 radical (unpaired) electrons. The molecular formula is C15H21NO. The van der Waals surface area contributed by atoms with Crippen molar-refractivity contribution in [2.45, 2.75) is 32.2 Å². The van der Waals surface area contributed by atoms with Gasteiger partial charge in [0, 0.05) is 6.42 Å². The van der Waals surface area contributed by atoms with Gasteiger partial charge in [-0.2, -0.15) is 0 Å². The van der Waals surface area contributed by atoms with Crippen LogP contribution in [0.3, 0.4) is 0 Å². The Morgan fingerprint density at radius 1 is 1.29 bits per heavy atom. The fraction of sp³-hybridized carbons (Fsp3) is 0.467. The number of likely N-dealkylation sites (N-methyl/N-ethyl adjacent to an activating group) is 1. The molecule has 2 nitrogen and oxygen atoms in total. The molecule has 1 N–H and O–H groups in total. The number of rotatable bonds is 5. The van der Waals surface area contributed by atoms with E-state index in [1.54, 1.807) is 0 Å². The summed E-state index contributed by atoms with van der Waals surface area (Å²) < 4.78 is 5.61. The minimum absolute atomic E-state index is 0.360. The van der Waals surface area contributed by atoms with Crippen LogP contribution in [0.15, 0.2) is 36.1 Å². The summed E-state index contributed by atoms with van der Waals surface area (Å²) in [6, 6.07) is 9.14. The Morgan fingerprint density at radius 3 is 2.65 bits per heavy atom. The quantitative estimate of drug-likeness (QED) is 0.841. The first-order valence-corrected chi connectivity index (χ1v) is 6.35. The number of benzene rings is 1. The minimum Gasteiger partial charge on any atom is -0.496 e. The lowest BCUT2D eigenvalue weighted by Gasteiger charge is -2.17. The molecule has 0 fully saturated rings. The van der Waals surface area contributed by atoms with Crippen molar-refractivity contribution in [3.05, 3.63) is 47.2 Å². The van der Waals surface area contributed by atoms with Crippen molar-refractivity contribution in [1.82, 2.24) is 5.32 Å². The molecule has 0 saturated carbocycles. The molecule has 1 aromatic carbocycles. The van der Waals surface area contributed by atoms with E-state index in [4.69, 9.17) is 4.74 Å². The second kappa shape index (κ2) is 5.87. The second-order valence-corrected chi connectivity index (χ2v) is 4.61. The Morgan fingerprint density at radius 2 is 2.06 bits per heavy atom. The lowest BCUT2D eigenvalue weighted by atomic mass is 10.0. The first kappa shape index (κ1) is 12.2. The van der Waals surface area contributed by atoms with Gasteiger partial charge in [0.1, 0.15) is 5.76 Å². The van der Waals surface area contributed by atoms with Gasteiger partial charge in [0.05, 0.1) is 12.6 Å². The van der Waals surface area contributed by atoms with Crippen LogP contribution < -0.4 is 5.32 Å². The topological polar surface area (TPSA) is 21.3 Å². The maximum Gasteiger partial charge on any atom is 0.109 e. The fourth-order valence-electron chi connectivity index (χ4n) is 2.17. The highest BCUT2D eigenvalue weighted by atomic mass is 16.5. The van der Waals surface area contributed by atoms with Crippen LogP contribution in [0, 0.1) is 6.92 Å². The van der Waals surface area contributed by atoms with Crippen molar-refractivity contribution < 1.29 is 4.74 Å². The Balaban J connectivity index is 1.89. The average molecular weight is 231 g/mol. The third-order valence-corrected chi connectivity index (χ3v) is 3.27. The Kier molecular flexibility index (Phi) is 4.21. The molecular weight excluding hydrogens is 210 g/mol. The van der Waals surface area contributed by atoms with E-state index in [9.17, 15) is 0 Å². The fourth-order valence-corrected chi connectivity index (χ4v) is 2.17. The Bertz CT molecular complexity index is 380. The molecule has 1 heterocycles. The molecule has 1 aliphatic rings. The van der Waals surface area contributed by atoms with Gasteiger partial charge in [-0.05, 0) is 38.5 Å². The molecule has 0 amide bonds. The largest absolute Gasteiger partial charge is 0.496 e. The van der Waals surface area contributed by atoms with Gasteiger partial charge in [-0.25, -0.2) is 0 Å².